The zero-order chi connectivity index (χ0) is 9.42. The topological polar surface area (TPSA) is 26.0 Å². The standard InChI is InChI=1S/C10H11NO/c1-7(2)10-11-8-5-3-4-6-9(8)12-10/h3-7H,1-2H3/i4T. The van der Waals surface area contributed by atoms with Gasteiger partial charge in [-0.1, -0.05) is 26.0 Å². The van der Waals surface area contributed by atoms with Crippen molar-refractivity contribution in [3.63, 3.8) is 0 Å². The molecule has 0 aliphatic carbocycles. The predicted molar refractivity (Wildman–Crippen MR) is 48.1 cm³/mol. The molecule has 0 radical (unpaired) electrons. The van der Waals surface area contributed by atoms with Crippen LogP contribution in [0.4, 0.5) is 0 Å². The van der Waals surface area contributed by atoms with Crippen molar-refractivity contribution in [3.05, 3.63) is 30.1 Å². The first-order valence-electron chi connectivity index (χ1n) is 4.54. The van der Waals surface area contributed by atoms with E-state index in [1.54, 1.807) is 12.1 Å². The SMILES string of the molecule is [3H]c1ccc2nc(C(C)C)oc2c1. The van der Waals surface area contributed by atoms with E-state index >= 15 is 0 Å². The molecule has 0 fully saturated rings. The molecule has 1 heterocycles. The van der Waals surface area contributed by atoms with Gasteiger partial charge < -0.3 is 4.42 Å². The van der Waals surface area contributed by atoms with Crippen LogP contribution in [0.15, 0.2) is 28.7 Å². The van der Waals surface area contributed by atoms with Gasteiger partial charge in [-0.2, -0.15) is 0 Å². The van der Waals surface area contributed by atoms with Crippen LogP contribution in [0.2, 0.25) is 0 Å². The number of hydrogen-bond acceptors (Lipinski definition) is 2. The summed E-state index contributed by atoms with van der Waals surface area (Å²) in [6.07, 6.45) is 0. The van der Waals surface area contributed by atoms with E-state index in [-0.39, 0.29) is 0 Å². The van der Waals surface area contributed by atoms with Crippen molar-refractivity contribution in [2.75, 3.05) is 0 Å². The van der Waals surface area contributed by atoms with Crippen molar-refractivity contribution in [2.45, 2.75) is 19.8 Å². The maximum Gasteiger partial charge on any atom is 0.198 e. The van der Waals surface area contributed by atoms with E-state index in [2.05, 4.69) is 4.98 Å². The van der Waals surface area contributed by atoms with Crippen molar-refractivity contribution >= 4 is 11.1 Å². The first kappa shape index (κ1) is 6.23. The second-order valence-corrected chi connectivity index (χ2v) is 3.10. The highest BCUT2D eigenvalue weighted by molar-refractivity contribution is 5.72. The summed E-state index contributed by atoms with van der Waals surface area (Å²) < 4.78 is 12.9. The van der Waals surface area contributed by atoms with Gasteiger partial charge in [0.15, 0.2) is 11.5 Å². The van der Waals surface area contributed by atoms with E-state index in [1.807, 2.05) is 19.9 Å². The Hall–Kier alpha value is -1.31. The van der Waals surface area contributed by atoms with Crippen molar-refractivity contribution in [1.29, 1.82) is 0 Å². The normalized spacial score (nSPS) is 12.4. The molecule has 1 aromatic carbocycles. The Bertz CT molecular complexity index is 433. The van der Waals surface area contributed by atoms with Gasteiger partial charge in [0.25, 0.3) is 0 Å². The number of oxazole rings is 1. The summed E-state index contributed by atoms with van der Waals surface area (Å²) in [5.41, 5.74) is 1.54. The van der Waals surface area contributed by atoms with E-state index in [9.17, 15) is 0 Å². The molecule has 0 N–H and O–H groups in total. The van der Waals surface area contributed by atoms with E-state index in [0.717, 1.165) is 11.4 Å². The summed E-state index contributed by atoms with van der Waals surface area (Å²) in [5.74, 6) is 1.03. The van der Waals surface area contributed by atoms with Crippen LogP contribution in [0.5, 0.6) is 0 Å². The highest BCUT2D eigenvalue weighted by Gasteiger charge is 2.07. The Labute approximate surface area is 72.6 Å². The van der Waals surface area contributed by atoms with Crippen molar-refractivity contribution in [1.82, 2.24) is 4.98 Å². The minimum absolute atomic E-state index is 0.293. The van der Waals surface area contributed by atoms with Gasteiger partial charge in [-0.05, 0) is 12.1 Å². The maximum absolute atomic E-state index is 7.41. The summed E-state index contributed by atoms with van der Waals surface area (Å²) in [6, 6.07) is 5.68. The third kappa shape index (κ3) is 1.09. The van der Waals surface area contributed by atoms with Crippen molar-refractivity contribution in [2.24, 2.45) is 0 Å². The molecular weight excluding hydrogens is 150 g/mol. The lowest BCUT2D eigenvalue weighted by atomic mass is 10.2. The highest BCUT2D eigenvalue weighted by atomic mass is 16.3. The smallest absolute Gasteiger partial charge is 0.198 e. The molecule has 0 atom stereocenters. The number of aromatic nitrogens is 1. The minimum Gasteiger partial charge on any atom is -0.440 e. The number of hydrogen-bond donors (Lipinski definition) is 0. The number of nitrogens with zero attached hydrogens (tertiary/aromatic N) is 1. The Morgan fingerprint density at radius 2 is 2.33 bits per heavy atom. The largest absolute Gasteiger partial charge is 0.440 e. The molecule has 0 bridgehead atoms. The molecule has 0 aliphatic heterocycles. The van der Waals surface area contributed by atoms with Gasteiger partial charge in [-0.3, -0.25) is 0 Å². The third-order valence-electron chi connectivity index (χ3n) is 1.74. The Morgan fingerprint density at radius 3 is 3.08 bits per heavy atom. The average Bonchev–Trinajstić information content (AvgIpc) is 2.46. The summed E-state index contributed by atoms with van der Waals surface area (Å²) >= 11 is 0. The summed E-state index contributed by atoms with van der Waals surface area (Å²) in [7, 11) is 0. The Morgan fingerprint density at radius 1 is 1.50 bits per heavy atom. The van der Waals surface area contributed by atoms with Crippen LogP contribution in [0.1, 0.15) is 27.0 Å². The molecule has 0 saturated carbocycles. The monoisotopic (exact) mass is 163 g/mol. The molecule has 2 aromatic rings. The second-order valence-electron chi connectivity index (χ2n) is 3.10. The average molecular weight is 163 g/mol. The first-order chi connectivity index (χ1) is 6.16. The van der Waals surface area contributed by atoms with E-state index in [0.29, 0.717) is 17.5 Å². The first-order valence-corrected chi connectivity index (χ1v) is 4.04. The summed E-state index contributed by atoms with van der Waals surface area (Å²) in [6.45, 7) is 4.07. The molecule has 0 spiro atoms. The van der Waals surface area contributed by atoms with Gasteiger partial charge >= 0.3 is 0 Å². The third-order valence-corrected chi connectivity index (χ3v) is 1.74. The molecule has 0 amide bonds. The predicted octanol–water partition coefficient (Wildman–Crippen LogP) is 2.95. The fourth-order valence-electron chi connectivity index (χ4n) is 1.08. The van der Waals surface area contributed by atoms with Crippen molar-refractivity contribution in [3.8, 4) is 0 Å². The van der Waals surface area contributed by atoms with Crippen LogP contribution in [0.25, 0.3) is 11.1 Å². The lowest BCUT2D eigenvalue weighted by Gasteiger charge is -1.93. The second kappa shape index (κ2) is 2.63. The molecule has 2 heteroatoms. The van der Waals surface area contributed by atoms with Gasteiger partial charge in [0, 0.05) is 5.92 Å². The van der Waals surface area contributed by atoms with Gasteiger partial charge in [-0.25, -0.2) is 4.98 Å². The molecule has 1 aromatic heterocycles. The molecule has 0 unspecified atom stereocenters. The van der Waals surface area contributed by atoms with E-state index in [1.165, 1.54) is 0 Å². The molecular formula is C10H11NO. The highest BCUT2D eigenvalue weighted by Crippen LogP contribution is 2.19. The van der Waals surface area contributed by atoms with Crippen LogP contribution in [0, 0.1) is 0 Å². The van der Waals surface area contributed by atoms with E-state index in [4.69, 9.17) is 5.79 Å². The van der Waals surface area contributed by atoms with Crippen LogP contribution in [0.3, 0.4) is 0 Å². The summed E-state index contributed by atoms with van der Waals surface area (Å²) in [4.78, 5) is 4.30. The quantitative estimate of drug-likeness (QED) is 0.646. The number of rotatable bonds is 1. The minimum atomic E-state index is 0.293. The van der Waals surface area contributed by atoms with Gasteiger partial charge in [0.05, 0.1) is 1.37 Å². The molecule has 12 heavy (non-hydrogen) atoms. The molecule has 0 saturated heterocycles. The lowest BCUT2D eigenvalue weighted by molar-refractivity contribution is 0.501. The maximum atomic E-state index is 7.41. The Kier molecular flexibility index (Phi) is 1.36. The Balaban J connectivity index is 2.62. The fraction of sp³-hybridized carbons (Fsp3) is 0.300. The number of fused-ring (bicyclic) bond motifs is 1. The van der Waals surface area contributed by atoms with Gasteiger partial charge in [0.1, 0.15) is 5.52 Å². The van der Waals surface area contributed by atoms with Crippen LogP contribution in [-0.2, 0) is 0 Å². The molecule has 62 valence electrons. The molecule has 2 nitrogen and oxygen atoms in total. The fourth-order valence-corrected chi connectivity index (χ4v) is 1.08. The number of para-hydroxylation sites is 2. The van der Waals surface area contributed by atoms with E-state index < -0.39 is 0 Å². The summed E-state index contributed by atoms with van der Waals surface area (Å²) in [5, 5.41) is 0. The lowest BCUT2D eigenvalue weighted by Crippen LogP contribution is -1.84. The zero-order valence-electron chi connectivity index (χ0n) is 8.16. The zero-order valence-corrected chi connectivity index (χ0v) is 7.16. The van der Waals surface area contributed by atoms with Gasteiger partial charge in [-0.15, -0.1) is 0 Å². The number of benzene rings is 1. The van der Waals surface area contributed by atoms with Crippen LogP contribution >= 0.6 is 0 Å². The van der Waals surface area contributed by atoms with Crippen LogP contribution in [-0.4, -0.2) is 4.98 Å². The molecule has 0 aliphatic rings. The van der Waals surface area contributed by atoms with Crippen molar-refractivity contribution < 1.29 is 5.79 Å². The van der Waals surface area contributed by atoms with Crippen LogP contribution < -0.4 is 0 Å². The van der Waals surface area contributed by atoms with Gasteiger partial charge in [0.2, 0.25) is 0 Å². The molecule has 2 rings (SSSR count).